The van der Waals surface area contributed by atoms with Crippen LogP contribution in [0.3, 0.4) is 0 Å². The first-order valence-corrected chi connectivity index (χ1v) is 11.6. The van der Waals surface area contributed by atoms with Crippen LogP contribution in [0.1, 0.15) is 36.0 Å². The Hall–Kier alpha value is -2.93. The number of hydrogen-bond donors (Lipinski definition) is 1. The van der Waals surface area contributed by atoms with Gasteiger partial charge in [0.25, 0.3) is 5.91 Å². The van der Waals surface area contributed by atoms with Crippen LogP contribution in [0.5, 0.6) is 0 Å². The number of amides is 3. The quantitative estimate of drug-likeness (QED) is 0.779. The maximum absolute atomic E-state index is 12.6. The molecule has 0 unspecified atom stereocenters. The Morgan fingerprint density at radius 1 is 0.719 bits per heavy atom. The molecule has 7 nitrogen and oxygen atoms in total. The van der Waals surface area contributed by atoms with Crippen LogP contribution in [-0.4, -0.2) is 84.8 Å². The standard InChI is InChI=1S/C25H32N4O3/c30-23(18-26-25(32)22-10-9-20-7-3-4-8-21(20)17-22)29-15-13-27(14-16-29)19-24(31)28-11-5-1-2-6-12-28/h3-4,7-10,17H,1-2,5-6,11-16,18-19H2,(H,26,32). The van der Waals surface area contributed by atoms with Gasteiger partial charge in [-0.2, -0.15) is 0 Å². The largest absolute Gasteiger partial charge is 0.343 e. The second-order valence-corrected chi connectivity index (χ2v) is 8.70. The number of likely N-dealkylation sites (tertiary alicyclic amines) is 1. The van der Waals surface area contributed by atoms with Gasteiger partial charge in [-0.15, -0.1) is 0 Å². The van der Waals surface area contributed by atoms with E-state index >= 15 is 0 Å². The van der Waals surface area contributed by atoms with E-state index in [0.717, 1.165) is 36.7 Å². The molecular formula is C25H32N4O3. The van der Waals surface area contributed by atoms with Crippen molar-refractivity contribution in [2.75, 3.05) is 52.4 Å². The lowest BCUT2D eigenvalue weighted by atomic mass is 10.1. The van der Waals surface area contributed by atoms with Gasteiger partial charge < -0.3 is 15.1 Å². The van der Waals surface area contributed by atoms with Crippen molar-refractivity contribution in [2.24, 2.45) is 0 Å². The Morgan fingerprint density at radius 2 is 1.38 bits per heavy atom. The van der Waals surface area contributed by atoms with Gasteiger partial charge in [-0.3, -0.25) is 19.3 Å². The first-order valence-electron chi connectivity index (χ1n) is 11.6. The van der Waals surface area contributed by atoms with Crippen LogP contribution in [0.25, 0.3) is 10.8 Å². The molecule has 2 heterocycles. The number of piperazine rings is 1. The molecule has 0 bridgehead atoms. The van der Waals surface area contributed by atoms with Crippen LogP contribution in [0.4, 0.5) is 0 Å². The minimum absolute atomic E-state index is 0.0155. The molecule has 0 aliphatic carbocycles. The number of benzene rings is 2. The van der Waals surface area contributed by atoms with Crippen LogP contribution < -0.4 is 5.32 Å². The van der Waals surface area contributed by atoms with E-state index in [1.807, 2.05) is 41.3 Å². The van der Waals surface area contributed by atoms with Crippen molar-refractivity contribution >= 4 is 28.5 Å². The van der Waals surface area contributed by atoms with Crippen molar-refractivity contribution in [3.63, 3.8) is 0 Å². The average molecular weight is 437 g/mol. The highest BCUT2D eigenvalue weighted by atomic mass is 16.2. The summed E-state index contributed by atoms with van der Waals surface area (Å²) >= 11 is 0. The Morgan fingerprint density at radius 3 is 2.09 bits per heavy atom. The zero-order chi connectivity index (χ0) is 22.3. The van der Waals surface area contributed by atoms with Gasteiger partial charge in [0, 0.05) is 44.8 Å². The van der Waals surface area contributed by atoms with Crippen molar-refractivity contribution in [2.45, 2.75) is 25.7 Å². The molecule has 0 aromatic heterocycles. The van der Waals surface area contributed by atoms with E-state index in [2.05, 4.69) is 10.2 Å². The lowest BCUT2D eigenvalue weighted by Gasteiger charge is -2.35. The molecule has 0 radical (unpaired) electrons. The molecule has 3 amide bonds. The highest BCUT2D eigenvalue weighted by Crippen LogP contribution is 2.15. The van der Waals surface area contributed by atoms with Crippen molar-refractivity contribution in [1.82, 2.24) is 20.0 Å². The van der Waals surface area contributed by atoms with Crippen molar-refractivity contribution in [3.05, 3.63) is 48.0 Å². The Labute approximate surface area is 189 Å². The molecule has 2 aliphatic rings. The van der Waals surface area contributed by atoms with E-state index in [9.17, 15) is 14.4 Å². The number of fused-ring (bicyclic) bond motifs is 1. The summed E-state index contributed by atoms with van der Waals surface area (Å²) in [5.74, 6) is -0.127. The molecule has 2 aromatic rings. The van der Waals surface area contributed by atoms with E-state index in [1.54, 1.807) is 11.0 Å². The molecule has 2 aliphatic heterocycles. The molecule has 1 N–H and O–H groups in total. The third-order valence-corrected chi connectivity index (χ3v) is 6.45. The molecule has 4 rings (SSSR count). The van der Waals surface area contributed by atoms with Gasteiger partial charge in [0.1, 0.15) is 0 Å². The zero-order valence-corrected chi connectivity index (χ0v) is 18.6. The number of nitrogens with zero attached hydrogens (tertiary/aromatic N) is 3. The molecule has 2 aromatic carbocycles. The van der Waals surface area contributed by atoms with Crippen molar-refractivity contribution in [1.29, 1.82) is 0 Å². The minimum Gasteiger partial charge on any atom is -0.343 e. The summed E-state index contributed by atoms with van der Waals surface area (Å²) in [5.41, 5.74) is 0.549. The van der Waals surface area contributed by atoms with E-state index in [4.69, 9.17) is 0 Å². The van der Waals surface area contributed by atoms with Crippen LogP contribution in [-0.2, 0) is 9.59 Å². The molecule has 0 atom stereocenters. The van der Waals surface area contributed by atoms with Crippen LogP contribution >= 0.6 is 0 Å². The van der Waals surface area contributed by atoms with E-state index < -0.39 is 0 Å². The third-order valence-electron chi connectivity index (χ3n) is 6.45. The van der Waals surface area contributed by atoms with Gasteiger partial charge in [-0.1, -0.05) is 43.2 Å². The summed E-state index contributed by atoms with van der Waals surface area (Å²) < 4.78 is 0. The summed E-state index contributed by atoms with van der Waals surface area (Å²) in [6.07, 6.45) is 4.61. The second kappa shape index (κ2) is 10.6. The predicted molar refractivity (Wildman–Crippen MR) is 124 cm³/mol. The molecule has 170 valence electrons. The summed E-state index contributed by atoms with van der Waals surface area (Å²) in [6.45, 7) is 4.69. The molecule has 2 saturated heterocycles. The lowest BCUT2D eigenvalue weighted by molar-refractivity contribution is -0.134. The van der Waals surface area contributed by atoms with Gasteiger partial charge in [0.2, 0.25) is 11.8 Å². The topological polar surface area (TPSA) is 73.0 Å². The fourth-order valence-electron chi connectivity index (χ4n) is 4.47. The van der Waals surface area contributed by atoms with Crippen molar-refractivity contribution < 1.29 is 14.4 Å². The predicted octanol–water partition coefficient (Wildman–Crippen LogP) is 2.12. The monoisotopic (exact) mass is 436 g/mol. The second-order valence-electron chi connectivity index (χ2n) is 8.70. The molecular weight excluding hydrogens is 404 g/mol. The van der Waals surface area contributed by atoms with Crippen molar-refractivity contribution in [3.8, 4) is 0 Å². The van der Waals surface area contributed by atoms with Crippen LogP contribution in [0, 0.1) is 0 Å². The number of carbonyl (C=O) groups is 3. The molecule has 0 saturated carbocycles. The summed E-state index contributed by atoms with van der Waals surface area (Å²) in [4.78, 5) is 43.5. The van der Waals surface area contributed by atoms with Gasteiger partial charge in [-0.25, -0.2) is 0 Å². The summed E-state index contributed by atoms with van der Waals surface area (Å²) in [7, 11) is 0. The van der Waals surface area contributed by atoms with Crippen LogP contribution in [0.15, 0.2) is 42.5 Å². The maximum atomic E-state index is 12.6. The smallest absolute Gasteiger partial charge is 0.251 e. The minimum atomic E-state index is -0.245. The number of carbonyl (C=O) groups excluding carboxylic acids is 3. The number of hydrogen-bond acceptors (Lipinski definition) is 4. The first kappa shape index (κ1) is 22.3. The van der Waals surface area contributed by atoms with Gasteiger partial charge in [0.05, 0.1) is 13.1 Å². The number of rotatable bonds is 5. The fraction of sp³-hybridized carbons (Fsp3) is 0.480. The van der Waals surface area contributed by atoms with Gasteiger partial charge >= 0.3 is 0 Å². The maximum Gasteiger partial charge on any atom is 0.251 e. The SMILES string of the molecule is O=C(NCC(=O)N1CCN(CC(=O)N2CCCCCC2)CC1)c1ccc2ccccc2c1. The van der Waals surface area contributed by atoms with E-state index in [0.29, 0.717) is 38.3 Å². The molecule has 32 heavy (non-hydrogen) atoms. The zero-order valence-electron chi connectivity index (χ0n) is 18.6. The Kier molecular flexibility index (Phi) is 7.37. The summed E-state index contributed by atoms with van der Waals surface area (Å²) in [6, 6.07) is 13.4. The first-order chi connectivity index (χ1) is 15.6. The highest BCUT2D eigenvalue weighted by molar-refractivity contribution is 6.00. The highest BCUT2D eigenvalue weighted by Gasteiger charge is 2.24. The molecule has 7 heteroatoms. The van der Waals surface area contributed by atoms with Crippen LogP contribution in [0.2, 0.25) is 0 Å². The third kappa shape index (κ3) is 5.65. The Balaban J connectivity index is 1.21. The Bertz CT molecular complexity index is 961. The lowest BCUT2D eigenvalue weighted by Crippen LogP contribution is -2.53. The average Bonchev–Trinajstić information content (AvgIpc) is 3.12. The summed E-state index contributed by atoms with van der Waals surface area (Å²) in [5, 5.41) is 4.82. The van der Waals surface area contributed by atoms with Gasteiger partial charge in [-0.05, 0) is 35.7 Å². The van der Waals surface area contributed by atoms with E-state index in [-0.39, 0.29) is 24.3 Å². The number of nitrogens with one attached hydrogen (secondary N) is 1. The van der Waals surface area contributed by atoms with E-state index in [1.165, 1.54) is 12.8 Å². The van der Waals surface area contributed by atoms with Gasteiger partial charge in [0.15, 0.2) is 0 Å². The molecule has 2 fully saturated rings. The molecule has 0 spiro atoms. The normalized spacial score (nSPS) is 17.8. The fourth-order valence-corrected chi connectivity index (χ4v) is 4.47.